The summed E-state index contributed by atoms with van der Waals surface area (Å²) in [6.07, 6.45) is 1.83. The molecule has 0 spiro atoms. The van der Waals surface area contributed by atoms with Gasteiger partial charge in [0.15, 0.2) is 15.6 Å². The molecule has 1 aliphatic heterocycles. The molecule has 0 saturated carbocycles. The number of anilines is 1. The van der Waals surface area contributed by atoms with Crippen molar-refractivity contribution < 1.29 is 18.0 Å². The summed E-state index contributed by atoms with van der Waals surface area (Å²) in [5.74, 6) is -1.18. The predicted molar refractivity (Wildman–Crippen MR) is 75.7 cm³/mol. The van der Waals surface area contributed by atoms with E-state index in [0.29, 0.717) is 17.7 Å². The maximum atomic E-state index is 12.1. The van der Waals surface area contributed by atoms with E-state index in [2.05, 4.69) is 6.58 Å². The Balaban J connectivity index is 2.63. The van der Waals surface area contributed by atoms with Crippen LogP contribution in [0.25, 0.3) is 0 Å². The number of Topliss-reactive ketones (excluding diaryl/α,β-unsaturated/α-hetero) is 1. The van der Waals surface area contributed by atoms with Gasteiger partial charge in [0.1, 0.15) is 5.75 Å². The van der Waals surface area contributed by atoms with Crippen LogP contribution in [0.3, 0.4) is 0 Å². The van der Waals surface area contributed by atoms with Crippen LogP contribution in [0.2, 0.25) is 0 Å². The number of nitrogens with zero attached hydrogens (tertiary/aromatic N) is 1. The lowest BCUT2D eigenvalue weighted by atomic mass is 10.1. The van der Waals surface area contributed by atoms with Gasteiger partial charge >= 0.3 is 0 Å². The fraction of sp³-hybridized carbons (Fsp3) is 0.286. The predicted octanol–water partition coefficient (Wildman–Crippen LogP) is 1.59. The topological polar surface area (TPSA) is 71.5 Å². The highest BCUT2D eigenvalue weighted by atomic mass is 32.2. The molecule has 0 radical (unpaired) electrons. The van der Waals surface area contributed by atoms with Crippen LogP contribution in [-0.2, 0) is 14.6 Å². The molecule has 1 heterocycles. The Kier molecular flexibility index (Phi) is 3.76. The second-order valence-electron chi connectivity index (χ2n) is 4.51. The summed E-state index contributed by atoms with van der Waals surface area (Å²) >= 11 is 0. The highest BCUT2D eigenvalue weighted by Gasteiger charge is 2.34. The average molecular weight is 293 g/mol. The van der Waals surface area contributed by atoms with Gasteiger partial charge < -0.3 is 4.90 Å². The number of benzene rings is 1. The number of hydrogen-bond donors (Lipinski definition) is 0. The molecule has 5 nitrogen and oxygen atoms in total. The van der Waals surface area contributed by atoms with E-state index in [-0.39, 0.29) is 17.2 Å². The average Bonchev–Trinajstić information content (AvgIpc) is 2.41. The highest BCUT2D eigenvalue weighted by molar-refractivity contribution is 7.92. The lowest BCUT2D eigenvalue weighted by Gasteiger charge is -2.28. The van der Waals surface area contributed by atoms with Crippen molar-refractivity contribution in [1.82, 2.24) is 0 Å². The van der Waals surface area contributed by atoms with Gasteiger partial charge in [0, 0.05) is 18.5 Å². The first kappa shape index (κ1) is 14.5. The Labute approximate surface area is 117 Å². The van der Waals surface area contributed by atoms with Gasteiger partial charge in [-0.25, -0.2) is 8.42 Å². The van der Waals surface area contributed by atoms with Crippen molar-refractivity contribution in [1.29, 1.82) is 0 Å². The van der Waals surface area contributed by atoms with Crippen LogP contribution >= 0.6 is 0 Å². The molecule has 0 atom stereocenters. The molecule has 0 aromatic heterocycles. The zero-order valence-corrected chi connectivity index (χ0v) is 11.9. The summed E-state index contributed by atoms with van der Waals surface area (Å²) in [5, 5.41) is 0. The molecule has 0 saturated heterocycles. The smallest absolute Gasteiger partial charge is 0.242 e. The second-order valence-corrected chi connectivity index (χ2v) is 6.47. The molecule has 20 heavy (non-hydrogen) atoms. The number of fused-ring (bicyclic) bond motifs is 1. The van der Waals surface area contributed by atoms with Crippen molar-refractivity contribution in [2.75, 3.05) is 17.2 Å². The van der Waals surface area contributed by atoms with Gasteiger partial charge in [-0.15, -0.1) is 6.58 Å². The van der Waals surface area contributed by atoms with E-state index in [9.17, 15) is 18.0 Å². The van der Waals surface area contributed by atoms with Gasteiger partial charge in [-0.05, 0) is 18.2 Å². The fourth-order valence-corrected chi connectivity index (χ4v) is 3.59. The molecule has 0 bridgehead atoms. The number of carbonyl (C=O) groups excluding carboxylic acids is 2. The number of sulfone groups is 1. The zero-order valence-electron chi connectivity index (χ0n) is 11.1. The molecule has 0 N–H and O–H groups in total. The Morgan fingerprint density at radius 1 is 1.45 bits per heavy atom. The van der Waals surface area contributed by atoms with Gasteiger partial charge in [0.05, 0.1) is 10.6 Å². The molecule has 2 rings (SSSR count). The van der Waals surface area contributed by atoms with E-state index in [1.165, 1.54) is 23.1 Å². The van der Waals surface area contributed by atoms with Gasteiger partial charge in [-0.2, -0.15) is 0 Å². The fourth-order valence-electron chi connectivity index (χ4n) is 2.15. The standard InChI is InChI=1S/C14H15NO4S/c1-3-7-15-11-6-5-10(12(16)4-2)8-13(11)20(18,19)9-14(15)17/h3,5-6,8H,1,4,7,9H2,2H3. The molecule has 0 fully saturated rings. The number of ketones is 1. The Bertz CT molecular complexity index is 691. The van der Waals surface area contributed by atoms with E-state index in [0.717, 1.165) is 0 Å². The normalized spacial score (nSPS) is 16.6. The third kappa shape index (κ3) is 2.38. The van der Waals surface area contributed by atoms with Gasteiger partial charge in [0.25, 0.3) is 0 Å². The third-order valence-corrected chi connectivity index (χ3v) is 4.78. The molecule has 0 unspecified atom stereocenters. The number of amides is 1. The maximum absolute atomic E-state index is 12.1. The Morgan fingerprint density at radius 3 is 2.75 bits per heavy atom. The third-order valence-electron chi connectivity index (χ3n) is 3.15. The van der Waals surface area contributed by atoms with Crippen LogP contribution in [0.15, 0.2) is 35.7 Å². The summed E-state index contributed by atoms with van der Waals surface area (Å²) in [6.45, 7) is 5.51. The summed E-state index contributed by atoms with van der Waals surface area (Å²) in [6, 6.07) is 4.42. The van der Waals surface area contributed by atoms with E-state index < -0.39 is 21.5 Å². The van der Waals surface area contributed by atoms with E-state index in [1.807, 2.05) is 0 Å². The minimum absolute atomic E-state index is 0.0400. The van der Waals surface area contributed by atoms with Crippen LogP contribution in [0, 0.1) is 0 Å². The molecular weight excluding hydrogens is 278 g/mol. The first-order valence-electron chi connectivity index (χ1n) is 6.22. The van der Waals surface area contributed by atoms with Crippen molar-refractivity contribution in [3.63, 3.8) is 0 Å². The van der Waals surface area contributed by atoms with Crippen LogP contribution in [0.5, 0.6) is 0 Å². The minimum Gasteiger partial charge on any atom is -0.306 e. The minimum atomic E-state index is -3.68. The van der Waals surface area contributed by atoms with Crippen molar-refractivity contribution in [2.24, 2.45) is 0 Å². The number of rotatable bonds is 4. The lowest BCUT2D eigenvalue weighted by Crippen LogP contribution is -2.41. The van der Waals surface area contributed by atoms with Gasteiger partial charge in [0.2, 0.25) is 5.91 Å². The zero-order chi connectivity index (χ0) is 14.9. The van der Waals surface area contributed by atoms with E-state index in [4.69, 9.17) is 0 Å². The summed E-state index contributed by atoms with van der Waals surface area (Å²) in [7, 11) is -3.68. The Morgan fingerprint density at radius 2 is 2.15 bits per heavy atom. The van der Waals surface area contributed by atoms with Crippen molar-refractivity contribution in [2.45, 2.75) is 18.2 Å². The number of hydrogen-bond acceptors (Lipinski definition) is 4. The van der Waals surface area contributed by atoms with Crippen LogP contribution in [0.1, 0.15) is 23.7 Å². The summed E-state index contributed by atoms with van der Waals surface area (Å²) in [4.78, 5) is 25.0. The molecule has 106 valence electrons. The van der Waals surface area contributed by atoms with Crippen molar-refractivity contribution in [3.8, 4) is 0 Å². The number of carbonyl (C=O) groups is 2. The molecule has 0 aliphatic carbocycles. The largest absolute Gasteiger partial charge is 0.306 e. The quantitative estimate of drug-likeness (QED) is 0.624. The second kappa shape index (κ2) is 5.20. The highest BCUT2D eigenvalue weighted by Crippen LogP contribution is 2.32. The van der Waals surface area contributed by atoms with Crippen LogP contribution < -0.4 is 4.90 Å². The van der Waals surface area contributed by atoms with Crippen molar-refractivity contribution >= 4 is 27.2 Å². The first-order valence-corrected chi connectivity index (χ1v) is 7.87. The van der Waals surface area contributed by atoms with Crippen LogP contribution in [0.4, 0.5) is 5.69 Å². The molecule has 1 aromatic rings. The molecule has 1 aromatic carbocycles. The molecular formula is C14H15NO4S. The summed E-state index contributed by atoms with van der Waals surface area (Å²) in [5.41, 5.74) is 0.663. The van der Waals surface area contributed by atoms with Gasteiger partial charge in [-0.3, -0.25) is 9.59 Å². The monoisotopic (exact) mass is 293 g/mol. The molecule has 6 heteroatoms. The molecule has 1 amide bonds. The van der Waals surface area contributed by atoms with Crippen molar-refractivity contribution in [3.05, 3.63) is 36.4 Å². The molecule has 1 aliphatic rings. The lowest BCUT2D eigenvalue weighted by molar-refractivity contribution is -0.116. The first-order chi connectivity index (χ1) is 9.40. The van der Waals surface area contributed by atoms with Crippen LogP contribution in [-0.4, -0.2) is 32.4 Å². The van der Waals surface area contributed by atoms with Gasteiger partial charge in [-0.1, -0.05) is 13.0 Å². The van der Waals surface area contributed by atoms with E-state index >= 15 is 0 Å². The SMILES string of the molecule is C=CCN1C(=O)CS(=O)(=O)c2cc(C(=O)CC)ccc21. The Hall–Kier alpha value is -1.95. The van der Waals surface area contributed by atoms with E-state index in [1.54, 1.807) is 13.0 Å². The maximum Gasteiger partial charge on any atom is 0.242 e. The summed E-state index contributed by atoms with van der Waals surface area (Å²) < 4.78 is 24.2.